The van der Waals surface area contributed by atoms with Gasteiger partial charge in [0.15, 0.2) is 0 Å². The quantitative estimate of drug-likeness (QED) is 0.591. The van der Waals surface area contributed by atoms with Gasteiger partial charge in [-0.3, -0.25) is 0 Å². The van der Waals surface area contributed by atoms with Crippen LogP contribution in [0.3, 0.4) is 0 Å². The third-order valence-electron chi connectivity index (χ3n) is 3.32. The van der Waals surface area contributed by atoms with Gasteiger partial charge in [-0.25, -0.2) is 0 Å². The molecular formula is C11H11Br. The standard InChI is InChI=1S/C11H11Br/c12-11-6-7-5-10(11)9-4-2-1-3-8(7)9/h1-4,7,10-11H,5-6H2/t7-,10+,11-/m1/s1. The lowest BCUT2D eigenvalue weighted by Gasteiger charge is -2.19. The molecule has 1 aromatic carbocycles. The molecule has 2 aliphatic rings. The first-order valence-electron chi connectivity index (χ1n) is 4.59. The third-order valence-corrected chi connectivity index (χ3v) is 4.33. The number of halogens is 1. The Balaban J connectivity index is 2.17. The molecule has 62 valence electrons. The Bertz CT molecular complexity index is 319. The molecule has 0 spiro atoms. The van der Waals surface area contributed by atoms with Crippen LogP contribution >= 0.6 is 15.9 Å². The Kier molecular flexibility index (Phi) is 1.40. The molecule has 1 aromatic rings. The molecule has 0 amide bonds. The number of alkyl halides is 1. The SMILES string of the molecule is Br[C@@H]1C[C@H]2C[C@H]1c1ccccc12. The number of fused-ring (bicyclic) bond motifs is 5. The Hall–Kier alpha value is -0.300. The number of benzene rings is 1. The fourth-order valence-corrected chi connectivity index (χ4v) is 3.73. The van der Waals surface area contributed by atoms with Crippen LogP contribution in [0.15, 0.2) is 24.3 Å². The van der Waals surface area contributed by atoms with E-state index in [0.29, 0.717) is 0 Å². The molecule has 0 nitrogen and oxygen atoms in total. The summed E-state index contributed by atoms with van der Waals surface area (Å²) in [7, 11) is 0. The van der Waals surface area contributed by atoms with Crippen LogP contribution in [-0.2, 0) is 0 Å². The maximum atomic E-state index is 3.77. The van der Waals surface area contributed by atoms with Crippen LogP contribution in [-0.4, -0.2) is 4.83 Å². The molecule has 0 heterocycles. The summed E-state index contributed by atoms with van der Waals surface area (Å²) >= 11 is 3.77. The highest BCUT2D eigenvalue weighted by atomic mass is 79.9. The number of rotatable bonds is 0. The summed E-state index contributed by atoms with van der Waals surface area (Å²) < 4.78 is 0. The van der Waals surface area contributed by atoms with Gasteiger partial charge in [-0.15, -0.1) is 0 Å². The molecule has 0 saturated heterocycles. The minimum absolute atomic E-state index is 0.748. The minimum Gasteiger partial charge on any atom is -0.0884 e. The first kappa shape index (κ1) is 7.14. The van der Waals surface area contributed by atoms with Crippen LogP contribution in [0.5, 0.6) is 0 Å². The van der Waals surface area contributed by atoms with Gasteiger partial charge in [-0.1, -0.05) is 40.2 Å². The molecule has 1 heteroatoms. The van der Waals surface area contributed by atoms with E-state index in [1.807, 2.05) is 0 Å². The minimum atomic E-state index is 0.748. The van der Waals surface area contributed by atoms with Gasteiger partial charge in [0, 0.05) is 4.83 Å². The molecule has 1 saturated carbocycles. The monoisotopic (exact) mass is 222 g/mol. The average molecular weight is 223 g/mol. The van der Waals surface area contributed by atoms with E-state index >= 15 is 0 Å². The van der Waals surface area contributed by atoms with Gasteiger partial charge in [-0.05, 0) is 35.8 Å². The Morgan fingerprint density at radius 3 is 2.67 bits per heavy atom. The van der Waals surface area contributed by atoms with Crippen LogP contribution in [0, 0.1) is 0 Å². The Morgan fingerprint density at radius 2 is 1.83 bits per heavy atom. The zero-order valence-electron chi connectivity index (χ0n) is 6.83. The molecule has 3 atom stereocenters. The second kappa shape index (κ2) is 2.35. The second-order valence-corrected chi connectivity index (χ2v) is 5.10. The van der Waals surface area contributed by atoms with Crippen LogP contribution < -0.4 is 0 Å². The van der Waals surface area contributed by atoms with Crippen molar-refractivity contribution in [3.63, 3.8) is 0 Å². The van der Waals surface area contributed by atoms with Crippen LogP contribution in [0.25, 0.3) is 0 Å². The van der Waals surface area contributed by atoms with Crippen LogP contribution in [0.1, 0.15) is 35.8 Å². The van der Waals surface area contributed by atoms with E-state index in [-0.39, 0.29) is 0 Å². The highest BCUT2D eigenvalue weighted by molar-refractivity contribution is 9.09. The van der Waals surface area contributed by atoms with Crippen molar-refractivity contribution < 1.29 is 0 Å². The van der Waals surface area contributed by atoms with E-state index in [4.69, 9.17) is 0 Å². The molecule has 0 radical (unpaired) electrons. The molecule has 1 fully saturated rings. The van der Waals surface area contributed by atoms with Gasteiger partial charge in [0.25, 0.3) is 0 Å². The molecule has 0 aromatic heterocycles. The highest BCUT2D eigenvalue weighted by Crippen LogP contribution is 2.55. The molecule has 3 rings (SSSR count). The summed E-state index contributed by atoms with van der Waals surface area (Å²) in [4.78, 5) is 0.748. The van der Waals surface area contributed by atoms with Crippen LogP contribution in [0.2, 0.25) is 0 Å². The summed E-state index contributed by atoms with van der Waals surface area (Å²) in [5.74, 6) is 1.67. The van der Waals surface area contributed by atoms with E-state index in [2.05, 4.69) is 40.2 Å². The van der Waals surface area contributed by atoms with E-state index in [0.717, 1.165) is 16.7 Å². The lowest BCUT2D eigenvalue weighted by Crippen LogP contribution is -2.08. The summed E-state index contributed by atoms with van der Waals surface area (Å²) in [6.45, 7) is 0. The van der Waals surface area contributed by atoms with Crippen molar-refractivity contribution in [2.45, 2.75) is 29.5 Å². The third kappa shape index (κ3) is 0.779. The van der Waals surface area contributed by atoms with E-state index < -0.39 is 0 Å². The van der Waals surface area contributed by atoms with E-state index in [1.165, 1.54) is 12.8 Å². The zero-order chi connectivity index (χ0) is 8.13. The summed E-state index contributed by atoms with van der Waals surface area (Å²) in [5, 5.41) is 0. The Labute approximate surface area is 81.1 Å². The predicted octanol–water partition coefficient (Wildman–Crippen LogP) is 3.42. The van der Waals surface area contributed by atoms with Crippen molar-refractivity contribution in [1.82, 2.24) is 0 Å². The maximum Gasteiger partial charge on any atom is 0.0220 e. The predicted molar refractivity (Wildman–Crippen MR) is 53.9 cm³/mol. The normalized spacial score (nSPS) is 36.9. The first-order valence-corrected chi connectivity index (χ1v) is 5.50. The molecule has 12 heavy (non-hydrogen) atoms. The molecule has 0 aliphatic heterocycles. The van der Waals surface area contributed by atoms with Crippen molar-refractivity contribution in [1.29, 1.82) is 0 Å². The summed E-state index contributed by atoms with van der Waals surface area (Å²) in [6.07, 6.45) is 2.73. The van der Waals surface area contributed by atoms with Crippen molar-refractivity contribution >= 4 is 15.9 Å². The van der Waals surface area contributed by atoms with Crippen molar-refractivity contribution in [3.8, 4) is 0 Å². The fraction of sp³-hybridized carbons (Fsp3) is 0.455. The average Bonchev–Trinajstić information content (AvgIpc) is 2.62. The number of hydrogen-bond acceptors (Lipinski definition) is 0. The van der Waals surface area contributed by atoms with Crippen molar-refractivity contribution in [2.24, 2.45) is 0 Å². The van der Waals surface area contributed by atoms with Gasteiger partial charge in [0.1, 0.15) is 0 Å². The molecule has 0 unspecified atom stereocenters. The topological polar surface area (TPSA) is 0 Å². The molecular weight excluding hydrogens is 212 g/mol. The van der Waals surface area contributed by atoms with E-state index in [9.17, 15) is 0 Å². The zero-order valence-corrected chi connectivity index (χ0v) is 8.42. The van der Waals surface area contributed by atoms with Gasteiger partial charge >= 0.3 is 0 Å². The lowest BCUT2D eigenvalue weighted by molar-refractivity contribution is 0.741. The molecule has 2 aliphatic carbocycles. The Morgan fingerprint density at radius 1 is 1.08 bits per heavy atom. The fourth-order valence-electron chi connectivity index (χ4n) is 2.78. The lowest BCUT2D eigenvalue weighted by atomic mass is 9.92. The smallest absolute Gasteiger partial charge is 0.0220 e. The van der Waals surface area contributed by atoms with Crippen molar-refractivity contribution in [2.75, 3.05) is 0 Å². The van der Waals surface area contributed by atoms with Crippen molar-refractivity contribution in [3.05, 3.63) is 35.4 Å². The van der Waals surface area contributed by atoms with Gasteiger partial charge in [0.05, 0.1) is 0 Å². The van der Waals surface area contributed by atoms with Gasteiger partial charge in [-0.2, -0.15) is 0 Å². The molecule has 0 N–H and O–H groups in total. The second-order valence-electron chi connectivity index (χ2n) is 3.92. The molecule has 2 bridgehead atoms. The van der Waals surface area contributed by atoms with Gasteiger partial charge < -0.3 is 0 Å². The van der Waals surface area contributed by atoms with Crippen LogP contribution in [0.4, 0.5) is 0 Å². The largest absolute Gasteiger partial charge is 0.0884 e. The van der Waals surface area contributed by atoms with Gasteiger partial charge in [0.2, 0.25) is 0 Å². The first-order chi connectivity index (χ1) is 5.86. The number of hydrogen-bond donors (Lipinski definition) is 0. The summed E-state index contributed by atoms with van der Waals surface area (Å²) in [6, 6.07) is 8.94. The van der Waals surface area contributed by atoms with E-state index in [1.54, 1.807) is 11.1 Å². The highest BCUT2D eigenvalue weighted by Gasteiger charge is 2.41. The summed E-state index contributed by atoms with van der Waals surface area (Å²) in [5.41, 5.74) is 3.23. The maximum absolute atomic E-state index is 3.77.